The summed E-state index contributed by atoms with van der Waals surface area (Å²) in [7, 11) is 1.42. The number of methoxy groups -OCH3 is 1. The number of para-hydroxylation sites is 1. The van der Waals surface area contributed by atoms with E-state index in [9.17, 15) is 14.3 Å². The topological polar surface area (TPSA) is 58.6 Å². The molecule has 110 valence electrons. The normalized spacial score (nSPS) is 11.8. The van der Waals surface area contributed by atoms with Crippen LogP contribution in [0.1, 0.15) is 28.9 Å². The van der Waals surface area contributed by atoms with Gasteiger partial charge in [-0.05, 0) is 25.1 Å². The maximum absolute atomic E-state index is 13.9. The van der Waals surface area contributed by atoms with Crippen LogP contribution in [-0.2, 0) is 0 Å². The third-order valence-electron chi connectivity index (χ3n) is 3.08. The number of carbonyl (C=O) groups excluding carboxylic acids is 1. The second-order valence-electron chi connectivity index (χ2n) is 4.56. The van der Waals surface area contributed by atoms with Crippen LogP contribution >= 0.6 is 0 Å². The van der Waals surface area contributed by atoms with Crippen molar-refractivity contribution >= 4 is 11.6 Å². The summed E-state index contributed by atoms with van der Waals surface area (Å²) in [5.74, 6) is -0.905. The van der Waals surface area contributed by atoms with Crippen molar-refractivity contribution in [3.63, 3.8) is 0 Å². The minimum Gasteiger partial charge on any atom is -0.497 e. The summed E-state index contributed by atoms with van der Waals surface area (Å²) in [4.78, 5) is 12.1. The van der Waals surface area contributed by atoms with Gasteiger partial charge in [-0.2, -0.15) is 0 Å². The molecule has 0 spiro atoms. The molecule has 2 rings (SSSR count). The lowest BCUT2D eigenvalue weighted by molar-refractivity contribution is 0.102. The van der Waals surface area contributed by atoms with Gasteiger partial charge in [0, 0.05) is 17.3 Å². The molecular weight excluding hydrogens is 273 g/mol. The Labute approximate surface area is 122 Å². The minimum absolute atomic E-state index is 0.0869. The molecule has 0 heterocycles. The number of halogens is 1. The summed E-state index contributed by atoms with van der Waals surface area (Å²) in [6.45, 7) is 1.60. The number of hydrogen-bond acceptors (Lipinski definition) is 3. The van der Waals surface area contributed by atoms with Gasteiger partial charge in [-0.3, -0.25) is 4.79 Å². The van der Waals surface area contributed by atoms with Gasteiger partial charge in [0.05, 0.1) is 18.8 Å². The molecule has 2 N–H and O–H groups in total. The average molecular weight is 289 g/mol. The predicted octanol–water partition coefficient (Wildman–Crippen LogP) is 3.14. The first-order chi connectivity index (χ1) is 10.0. The van der Waals surface area contributed by atoms with Crippen molar-refractivity contribution in [2.24, 2.45) is 0 Å². The lowest BCUT2D eigenvalue weighted by Gasteiger charge is -2.13. The van der Waals surface area contributed by atoms with Crippen molar-refractivity contribution in [2.75, 3.05) is 12.4 Å². The van der Waals surface area contributed by atoms with Crippen molar-refractivity contribution in [3.05, 3.63) is 59.4 Å². The molecule has 1 unspecified atom stereocenters. The highest BCUT2D eigenvalue weighted by atomic mass is 19.1. The molecular formula is C16H16FNO3. The summed E-state index contributed by atoms with van der Waals surface area (Å²) in [5.41, 5.74) is 0.934. The fourth-order valence-electron chi connectivity index (χ4n) is 1.97. The summed E-state index contributed by atoms with van der Waals surface area (Å²) in [6, 6.07) is 10.9. The Balaban J connectivity index is 2.26. The zero-order valence-corrected chi connectivity index (χ0v) is 11.8. The van der Waals surface area contributed by atoms with E-state index in [1.165, 1.54) is 19.2 Å². The average Bonchev–Trinajstić information content (AvgIpc) is 2.47. The number of amides is 1. The van der Waals surface area contributed by atoms with Gasteiger partial charge in [-0.15, -0.1) is 0 Å². The second kappa shape index (κ2) is 6.37. The van der Waals surface area contributed by atoms with E-state index in [0.717, 1.165) is 6.07 Å². The first kappa shape index (κ1) is 15.0. The zero-order chi connectivity index (χ0) is 15.4. The van der Waals surface area contributed by atoms with E-state index in [1.807, 2.05) is 0 Å². The second-order valence-corrected chi connectivity index (χ2v) is 4.56. The van der Waals surface area contributed by atoms with Crippen LogP contribution in [0.25, 0.3) is 0 Å². The Morgan fingerprint density at radius 1 is 1.29 bits per heavy atom. The molecule has 0 saturated carbocycles. The van der Waals surface area contributed by atoms with E-state index in [-0.39, 0.29) is 5.56 Å². The van der Waals surface area contributed by atoms with Crippen LogP contribution in [-0.4, -0.2) is 18.1 Å². The molecule has 2 aromatic rings. The summed E-state index contributed by atoms with van der Waals surface area (Å²) < 4.78 is 18.8. The van der Waals surface area contributed by atoms with Crippen LogP contribution in [0.2, 0.25) is 0 Å². The SMILES string of the molecule is COc1ccc(C(=O)Nc2ccccc2C(C)O)c(F)c1. The molecule has 1 atom stereocenters. The monoisotopic (exact) mass is 289 g/mol. The standard InChI is InChI=1S/C16H16FNO3/c1-10(19)12-5-3-4-6-15(12)18-16(20)13-8-7-11(21-2)9-14(13)17/h3-10,19H,1-2H3,(H,18,20). The smallest absolute Gasteiger partial charge is 0.258 e. The van der Waals surface area contributed by atoms with E-state index in [2.05, 4.69) is 5.32 Å². The van der Waals surface area contributed by atoms with Crippen LogP contribution < -0.4 is 10.1 Å². The molecule has 0 saturated heterocycles. The molecule has 0 radical (unpaired) electrons. The van der Waals surface area contributed by atoms with Crippen LogP contribution in [0.15, 0.2) is 42.5 Å². The van der Waals surface area contributed by atoms with Gasteiger partial charge in [0.1, 0.15) is 11.6 Å². The largest absolute Gasteiger partial charge is 0.497 e. The lowest BCUT2D eigenvalue weighted by atomic mass is 10.1. The first-order valence-corrected chi connectivity index (χ1v) is 6.45. The molecule has 21 heavy (non-hydrogen) atoms. The maximum Gasteiger partial charge on any atom is 0.258 e. The first-order valence-electron chi connectivity index (χ1n) is 6.45. The molecule has 0 bridgehead atoms. The van der Waals surface area contributed by atoms with Crippen LogP contribution in [0.4, 0.5) is 10.1 Å². The van der Waals surface area contributed by atoms with Crippen molar-refractivity contribution in [1.82, 2.24) is 0 Å². The summed E-state index contributed by atoms with van der Waals surface area (Å²) in [5, 5.41) is 12.3. The van der Waals surface area contributed by atoms with Crippen molar-refractivity contribution in [1.29, 1.82) is 0 Å². The van der Waals surface area contributed by atoms with E-state index in [1.54, 1.807) is 31.2 Å². The number of anilines is 1. The Kier molecular flexibility index (Phi) is 4.55. The van der Waals surface area contributed by atoms with Crippen molar-refractivity contribution < 1.29 is 19.0 Å². The summed E-state index contributed by atoms with van der Waals surface area (Å²) >= 11 is 0. The predicted molar refractivity (Wildman–Crippen MR) is 78.0 cm³/mol. The van der Waals surface area contributed by atoms with Crippen LogP contribution in [0.5, 0.6) is 5.75 Å². The van der Waals surface area contributed by atoms with Gasteiger partial charge in [0.25, 0.3) is 5.91 Å². The highest BCUT2D eigenvalue weighted by molar-refractivity contribution is 6.04. The number of nitrogens with one attached hydrogen (secondary N) is 1. The highest BCUT2D eigenvalue weighted by Gasteiger charge is 2.15. The van der Waals surface area contributed by atoms with Gasteiger partial charge in [0.2, 0.25) is 0 Å². The molecule has 1 amide bonds. The Morgan fingerprint density at radius 3 is 2.62 bits per heavy atom. The fraction of sp³-hybridized carbons (Fsp3) is 0.188. The third-order valence-corrected chi connectivity index (χ3v) is 3.08. The van der Waals surface area contributed by atoms with E-state index < -0.39 is 17.8 Å². The Morgan fingerprint density at radius 2 is 2.00 bits per heavy atom. The highest BCUT2D eigenvalue weighted by Crippen LogP contribution is 2.24. The fourth-order valence-corrected chi connectivity index (χ4v) is 1.97. The van der Waals surface area contributed by atoms with Crippen molar-refractivity contribution in [3.8, 4) is 5.75 Å². The molecule has 2 aromatic carbocycles. The number of carbonyl (C=O) groups is 1. The van der Waals surface area contributed by atoms with Gasteiger partial charge < -0.3 is 15.2 Å². The lowest BCUT2D eigenvalue weighted by Crippen LogP contribution is -2.15. The number of aliphatic hydroxyl groups excluding tert-OH is 1. The van der Waals surface area contributed by atoms with E-state index in [4.69, 9.17) is 4.74 Å². The molecule has 0 aliphatic carbocycles. The Bertz CT molecular complexity index is 656. The minimum atomic E-state index is -0.734. The molecule has 5 heteroatoms. The zero-order valence-electron chi connectivity index (χ0n) is 11.8. The molecule has 0 fully saturated rings. The number of ether oxygens (including phenoxy) is 1. The van der Waals surface area contributed by atoms with Gasteiger partial charge >= 0.3 is 0 Å². The number of rotatable bonds is 4. The van der Waals surface area contributed by atoms with Gasteiger partial charge in [-0.25, -0.2) is 4.39 Å². The van der Waals surface area contributed by atoms with Gasteiger partial charge in [0.15, 0.2) is 0 Å². The van der Waals surface area contributed by atoms with E-state index in [0.29, 0.717) is 17.0 Å². The van der Waals surface area contributed by atoms with Crippen molar-refractivity contribution in [2.45, 2.75) is 13.0 Å². The van der Waals surface area contributed by atoms with Crippen LogP contribution in [0, 0.1) is 5.82 Å². The molecule has 0 aromatic heterocycles. The Hall–Kier alpha value is -2.40. The maximum atomic E-state index is 13.9. The molecule has 0 aliphatic heterocycles. The van der Waals surface area contributed by atoms with E-state index >= 15 is 0 Å². The summed E-state index contributed by atoms with van der Waals surface area (Å²) in [6.07, 6.45) is -0.734. The third kappa shape index (κ3) is 3.38. The number of benzene rings is 2. The molecule has 4 nitrogen and oxygen atoms in total. The van der Waals surface area contributed by atoms with Gasteiger partial charge in [-0.1, -0.05) is 18.2 Å². The van der Waals surface area contributed by atoms with Crippen LogP contribution in [0.3, 0.4) is 0 Å². The molecule has 0 aliphatic rings. The number of aliphatic hydroxyl groups is 1. The number of hydrogen-bond donors (Lipinski definition) is 2. The quantitative estimate of drug-likeness (QED) is 0.909.